The summed E-state index contributed by atoms with van der Waals surface area (Å²) >= 11 is 2.81. The lowest BCUT2D eigenvalue weighted by Crippen LogP contribution is -2.10. The van der Waals surface area contributed by atoms with Crippen molar-refractivity contribution in [2.24, 2.45) is 0 Å². The van der Waals surface area contributed by atoms with Gasteiger partial charge in [0, 0.05) is 5.56 Å². The first-order valence-electron chi connectivity index (χ1n) is 7.72. The predicted octanol–water partition coefficient (Wildman–Crippen LogP) is 5.48. The number of benzene rings is 1. The zero-order valence-electron chi connectivity index (χ0n) is 14.6. The van der Waals surface area contributed by atoms with Crippen LogP contribution in [0, 0.1) is 11.3 Å². The Hall–Kier alpha value is -1.77. The van der Waals surface area contributed by atoms with Crippen molar-refractivity contribution >= 4 is 29.1 Å². The van der Waals surface area contributed by atoms with Gasteiger partial charge in [-0.25, -0.2) is 4.79 Å². The number of carbonyl (C=O) groups is 1. The molecular weight excluding hydrogens is 338 g/mol. The number of rotatable bonds is 4. The minimum Gasteiger partial charge on any atom is -0.462 e. The number of nitrogens with zero attached hydrogens (tertiary/aromatic N) is 1. The van der Waals surface area contributed by atoms with Crippen molar-refractivity contribution < 1.29 is 9.53 Å². The van der Waals surface area contributed by atoms with E-state index in [1.54, 1.807) is 6.92 Å². The Labute approximate surface area is 151 Å². The highest BCUT2D eigenvalue weighted by atomic mass is 32.2. The molecule has 0 radical (unpaired) electrons. The van der Waals surface area contributed by atoms with Crippen molar-refractivity contribution in [3.05, 3.63) is 40.3 Å². The Morgan fingerprint density at radius 2 is 1.92 bits per heavy atom. The van der Waals surface area contributed by atoms with Crippen LogP contribution >= 0.6 is 23.1 Å². The number of thiophene rings is 1. The van der Waals surface area contributed by atoms with E-state index in [9.17, 15) is 10.1 Å². The molecule has 5 heteroatoms. The molecule has 0 bridgehead atoms. The van der Waals surface area contributed by atoms with Gasteiger partial charge in [0.15, 0.2) is 0 Å². The molecule has 2 rings (SSSR count). The fraction of sp³-hybridized carbons (Fsp3) is 0.368. The van der Waals surface area contributed by atoms with Crippen LogP contribution in [0.5, 0.6) is 0 Å². The number of ether oxygens (including phenoxy) is 1. The molecule has 3 nitrogen and oxygen atoms in total. The molecule has 0 fully saturated rings. The number of esters is 1. The Morgan fingerprint density at radius 3 is 2.38 bits per heavy atom. The second-order valence-corrected chi connectivity index (χ2v) is 8.43. The van der Waals surface area contributed by atoms with Crippen molar-refractivity contribution in [2.75, 3.05) is 12.9 Å². The second-order valence-electron chi connectivity index (χ2n) is 6.33. The van der Waals surface area contributed by atoms with E-state index in [-0.39, 0.29) is 11.4 Å². The molecule has 0 spiro atoms. The summed E-state index contributed by atoms with van der Waals surface area (Å²) in [6, 6.07) is 10.3. The van der Waals surface area contributed by atoms with Gasteiger partial charge >= 0.3 is 5.97 Å². The number of thioether (sulfide) groups is 1. The number of hydrogen-bond acceptors (Lipinski definition) is 5. The molecular formula is C19H21NO2S2. The van der Waals surface area contributed by atoms with Gasteiger partial charge in [-0.15, -0.1) is 23.1 Å². The van der Waals surface area contributed by atoms with Crippen LogP contribution in [0.1, 0.15) is 48.5 Å². The van der Waals surface area contributed by atoms with Crippen molar-refractivity contribution in [3.63, 3.8) is 0 Å². The van der Waals surface area contributed by atoms with E-state index in [4.69, 9.17) is 4.74 Å². The Balaban J connectivity index is 2.61. The highest BCUT2D eigenvalue weighted by Gasteiger charge is 2.25. The van der Waals surface area contributed by atoms with Crippen LogP contribution in [0.3, 0.4) is 0 Å². The first-order chi connectivity index (χ1) is 11.3. The molecule has 0 saturated heterocycles. The van der Waals surface area contributed by atoms with Crippen molar-refractivity contribution in [2.45, 2.75) is 37.3 Å². The van der Waals surface area contributed by atoms with Crippen LogP contribution in [-0.2, 0) is 10.2 Å². The SMILES string of the molecule is CCOC(=O)c1sc(SC)c(C#N)c1-c1ccc(C(C)(C)C)cc1. The molecule has 0 amide bonds. The highest BCUT2D eigenvalue weighted by molar-refractivity contribution is 8.00. The molecule has 1 heterocycles. The molecule has 0 aliphatic heterocycles. The maximum Gasteiger partial charge on any atom is 0.349 e. The van der Waals surface area contributed by atoms with Gasteiger partial charge < -0.3 is 4.74 Å². The molecule has 126 valence electrons. The lowest BCUT2D eigenvalue weighted by molar-refractivity contribution is 0.0533. The topological polar surface area (TPSA) is 50.1 Å². The number of hydrogen-bond donors (Lipinski definition) is 0. The maximum absolute atomic E-state index is 12.3. The summed E-state index contributed by atoms with van der Waals surface area (Å²) in [5.74, 6) is -0.366. The lowest BCUT2D eigenvalue weighted by atomic mass is 9.86. The minimum absolute atomic E-state index is 0.0552. The van der Waals surface area contributed by atoms with Crippen LogP contribution in [0.2, 0.25) is 0 Å². The first-order valence-corrected chi connectivity index (χ1v) is 9.76. The molecule has 0 unspecified atom stereocenters. The Morgan fingerprint density at radius 1 is 1.29 bits per heavy atom. The summed E-state index contributed by atoms with van der Waals surface area (Å²) in [6.07, 6.45) is 1.91. The van der Waals surface area contributed by atoms with Gasteiger partial charge in [0.2, 0.25) is 0 Å². The van der Waals surface area contributed by atoms with Gasteiger partial charge in [-0.1, -0.05) is 45.0 Å². The molecule has 0 aliphatic rings. The average Bonchev–Trinajstić information content (AvgIpc) is 2.93. The lowest BCUT2D eigenvalue weighted by Gasteiger charge is -2.19. The highest BCUT2D eigenvalue weighted by Crippen LogP contribution is 2.41. The third kappa shape index (κ3) is 3.66. The van der Waals surface area contributed by atoms with Crippen LogP contribution in [0.15, 0.2) is 28.5 Å². The van der Waals surface area contributed by atoms with Gasteiger partial charge in [-0.05, 0) is 29.7 Å². The molecule has 0 aliphatic carbocycles. The quantitative estimate of drug-likeness (QED) is 0.535. The van der Waals surface area contributed by atoms with E-state index in [1.807, 2.05) is 18.4 Å². The average molecular weight is 360 g/mol. The standard InChI is InChI=1S/C19H21NO2S2/c1-6-22-17(21)16-15(14(11-20)18(23-5)24-16)12-7-9-13(10-8-12)19(2,3)4/h7-10H,6H2,1-5H3. The van der Waals surface area contributed by atoms with E-state index in [0.29, 0.717) is 22.6 Å². The van der Waals surface area contributed by atoms with E-state index >= 15 is 0 Å². The van der Waals surface area contributed by atoms with E-state index in [1.165, 1.54) is 28.7 Å². The monoisotopic (exact) mass is 359 g/mol. The number of carbonyl (C=O) groups excluding carboxylic acids is 1. The second kappa shape index (κ2) is 7.42. The van der Waals surface area contributed by atoms with Crippen LogP contribution in [0.25, 0.3) is 11.1 Å². The zero-order valence-corrected chi connectivity index (χ0v) is 16.2. The normalized spacial score (nSPS) is 11.2. The third-order valence-electron chi connectivity index (χ3n) is 3.67. The Kier molecular flexibility index (Phi) is 5.74. The largest absolute Gasteiger partial charge is 0.462 e. The summed E-state index contributed by atoms with van der Waals surface area (Å²) < 4.78 is 6.02. The van der Waals surface area contributed by atoms with Crippen LogP contribution in [-0.4, -0.2) is 18.8 Å². The van der Waals surface area contributed by atoms with E-state index < -0.39 is 0 Å². The summed E-state index contributed by atoms with van der Waals surface area (Å²) in [4.78, 5) is 12.8. The molecule has 1 aromatic heterocycles. The van der Waals surface area contributed by atoms with Gasteiger partial charge in [0.1, 0.15) is 10.9 Å². The van der Waals surface area contributed by atoms with Crippen LogP contribution in [0.4, 0.5) is 0 Å². The fourth-order valence-corrected chi connectivity index (χ4v) is 4.24. The summed E-state index contributed by atoms with van der Waals surface area (Å²) in [6.45, 7) is 8.56. The van der Waals surface area contributed by atoms with Crippen molar-refractivity contribution in [1.82, 2.24) is 0 Å². The van der Waals surface area contributed by atoms with E-state index in [0.717, 1.165) is 9.77 Å². The van der Waals surface area contributed by atoms with Gasteiger partial charge in [0.05, 0.1) is 16.4 Å². The fourth-order valence-electron chi connectivity index (χ4n) is 2.41. The Bertz CT molecular complexity index is 777. The van der Waals surface area contributed by atoms with Gasteiger partial charge in [0.25, 0.3) is 0 Å². The summed E-state index contributed by atoms with van der Waals surface area (Å²) in [5.41, 5.74) is 3.38. The summed E-state index contributed by atoms with van der Waals surface area (Å²) in [7, 11) is 0. The zero-order chi connectivity index (χ0) is 17.9. The molecule has 0 atom stereocenters. The molecule has 0 N–H and O–H groups in total. The third-order valence-corrected chi connectivity index (χ3v) is 5.96. The molecule has 1 aromatic carbocycles. The van der Waals surface area contributed by atoms with Crippen LogP contribution < -0.4 is 0 Å². The first kappa shape index (κ1) is 18.6. The van der Waals surface area contributed by atoms with Crippen molar-refractivity contribution in [3.8, 4) is 17.2 Å². The number of nitriles is 1. The van der Waals surface area contributed by atoms with E-state index in [2.05, 4.69) is 39.0 Å². The smallest absolute Gasteiger partial charge is 0.349 e. The maximum atomic E-state index is 12.3. The molecule has 0 saturated carbocycles. The van der Waals surface area contributed by atoms with Gasteiger partial charge in [-0.2, -0.15) is 5.26 Å². The molecule has 2 aromatic rings. The minimum atomic E-state index is -0.366. The predicted molar refractivity (Wildman–Crippen MR) is 101 cm³/mol. The van der Waals surface area contributed by atoms with Gasteiger partial charge in [-0.3, -0.25) is 0 Å². The van der Waals surface area contributed by atoms with Crippen molar-refractivity contribution in [1.29, 1.82) is 5.26 Å². The summed E-state index contributed by atoms with van der Waals surface area (Å²) in [5, 5.41) is 9.59. The molecule has 24 heavy (non-hydrogen) atoms.